The van der Waals surface area contributed by atoms with Crippen molar-refractivity contribution in [2.24, 2.45) is 0 Å². The standard InChI is InChI=1S/C11H13N3O2S/c1-3-14-9(4-5-12-14)11-13-8(7-17-11)6-10(15)16-2/h4-5,7H,3,6H2,1-2H3. The lowest BCUT2D eigenvalue weighted by Gasteiger charge is -2.00. The molecule has 0 saturated heterocycles. The summed E-state index contributed by atoms with van der Waals surface area (Å²) in [5, 5.41) is 6.94. The molecule has 0 radical (unpaired) electrons. The van der Waals surface area contributed by atoms with Crippen LogP contribution in [0, 0.1) is 0 Å². The highest BCUT2D eigenvalue weighted by Gasteiger charge is 2.11. The summed E-state index contributed by atoms with van der Waals surface area (Å²) in [5.74, 6) is -0.272. The maximum Gasteiger partial charge on any atom is 0.311 e. The van der Waals surface area contributed by atoms with Gasteiger partial charge in [-0.05, 0) is 13.0 Å². The minimum atomic E-state index is -0.272. The SMILES string of the molecule is CCn1nccc1-c1nc(CC(=O)OC)cs1. The van der Waals surface area contributed by atoms with Crippen LogP contribution in [0.4, 0.5) is 0 Å². The van der Waals surface area contributed by atoms with Gasteiger partial charge in [0.25, 0.3) is 0 Å². The molecule has 2 rings (SSSR count). The fourth-order valence-corrected chi connectivity index (χ4v) is 2.34. The molecule has 0 aliphatic heterocycles. The normalized spacial score (nSPS) is 10.5. The molecule has 0 aliphatic rings. The first kappa shape index (κ1) is 11.8. The fourth-order valence-electron chi connectivity index (χ4n) is 1.49. The number of rotatable bonds is 4. The maximum atomic E-state index is 11.1. The topological polar surface area (TPSA) is 57.0 Å². The summed E-state index contributed by atoms with van der Waals surface area (Å²) in [6, 6.07) is 1.92. The van der Waals surface area contributed by atoms with Gasteiger partial charge in [-0.1, -0.05) is 0 Å². The van der Waals surface area contributed by atoms with Gasteiger partial charge in [0.05, 0.1) is 24.9 Å². The molecular weight excluding hydrogens is 238 g/mol. The lowest BCUT2D eigenvalue weighted by molar-refractivity contribution is -0.139. The van der Waals surface area contributed by atoms with Gasteiger partial charge in [0.2, 0.25) is 0 Å². The van der Waals surface area contributed by atoms with E-state index in [2.05, 4.69) is 14.8 Å². The molecule has 90 valence electrons. The third kappa shape index (κ3) is 2.52. The first-order chi connectivity index (χ1) is 8.24. The Bertz CT molecular complexity index is 518. The van der Waals surface area contributed by atoms with E-state index in [9.17, 15) is 4.79 Å². The molecule has 2 aromatic rings. The molecule has 0 saturated carbocycles. The quantitative estimate of drug-likeness (QED) is 0.777. The van der Waals surface area contributed by atoms with Crippen molar-refractivity contribution >= 4 is 17.3 Å². The monoisotopic (exact) mass is 251 g/mol. The predicted octanol–water partition coefficient (Wildman–Crippen LogP) is 1.74. The van der Waals surface area contributed by atoms with Crippen molar-refractivity contribution in [2.75, 3.05) is 7.11 Å². The summed E-state index contributed by atoms with van der Waals surface area (Å²) in [5.41, 5.74) is 1.72. The van der Waals surface area contributed by atoms with E-state index in [1.165, 1.54) is 18.4 Å². The second-order valence-electron chi connectivity index (χ2n) is 3.43. The Morgan fingerprint density at radius 1 is 1.59 bits per heavy atom. The highest BCUT2D eigenvalue weighted by atomic mass is 32.1. The average molecular weight is 251 g/mol. The van der Waals surface area contributed by atoms with E-state index >= 15 is 0 Å². The maximum absolute atomic E-state index is 11.1. The van der Waals surface area contributed by atoms with Crippen molar-refractivity contribution in [3.8, 4) is 10.7 Å². The van der Waals surface area contributed by atoms with Crippen LogP contribution in [0.2, 0.25) is 0 Å². The van der Waals surface area contributed by atoms with Crippen molar-refractivity contribution in [2.45, 2.75) is 19.9 Å². The highest BCUT2D eigenvalue weighted by Crippen LogP contribution is 2.23. The number of carbonyl (C=O) groups excluding carboxylic acids is 1. The molecule has 0 N–H and O–H groups in total. The van der Waals surface area contributed by atoms with Gasteiger partial charge in [-0.2, -0.15) is 5.10 Å². The van der Waals surface area contributed by atoms with Crippen molar-refractivity contribution in [1.82, 2.24) is 14.8 Å². The number of methoxy groups -OCH3 is 1. The van der Waals surface area contributed by atoms with Crippen LogP contribution in [0.25, 0.3) is 10.7 Å². The number of carbonyl (C=O) groups is 1. The van der Waals surface area contributed by atoms with Gasteiger partial charge in [0, 0.05) is 18.1 Å². The predicted molar refractivity (Wildman–Crippen MR) is 64.7 cm³/mol. The second-order valence-corrected chi connectivity index (χ2v) is 4.29. The van der Waals surface area contributed by atoms with Gasteiger partial charge in [-0.15, -0.1) is 11.3 Å². The Balaban J connectivity index is 2.21. The van der Waals surface area contributed by atoms with Crippen molar-refractivity contribution < 1.29 is 9.53 Å². The van der Waals surface area contributed by atoms with E-state index in [0.717, 1.165) is 22.9 Å². The van der Waals surface area contributed by atoms with Gasteiger partial charge in [0.1, 0.15) is 5.01 Å². The lowest BCUT2D eigenvalue weighted by atomic mass is 10.3. The molecule has 5 nitrogen and oxygen atoms in total. The Morgan fingerprint density at radius 2 is 2.41 bits per heavy atom. The number of esters is 1. The Hall–Kier alpha value is -1.69. The van der Waals surface area contributed by atoms with Gasteiger partial charge < -0.3 is 4.74 Å². The van der Waals surface area contributed by atoms with Gasteiger partial charge in [-0.3, -0.25) is 9.48 Å². The summed E-state index contributed by atoms with van der Waals surface area (Å²) >= 11 is 1.51. The van der Waals surface area contributed by atoms with E-state index < -0.39 is 0 Å². The summed E-state index contributed by atoms with van der Waals surface area (Å²) in [6.45, 7) is 2.83. The minimum absolute atomic E-state index is 0.216. The van der Waals surface area contributed by atoms with Crippen LogP contribution in [-0.4, -0.2) is 27.8 Å². The smallest absolute Gasteiger partial charge is 0.311 e. The largest absolute Gasteiger partial charge is 0.469 e. The van der Waals surface area contributed by atoms with Gasteiger partial charge >= 0.3 is 5.97 Å². The van der Waals surface area contributed by atoms with Gasteiger partial charge in [-0.25, -0.2) is 4.98 Å². The Kier molecular flexibility index (Phi) is 3.53. The summed E-state index contributed by atoms with van der Waals surface area (Å²) < 4.78 is 6.48. The van der Waals surface area contributed by atoms with Crippen LogP contribution in [0.1, 0.15) is 12.6 Å². The van der Waals surface area contributed by atoms with E-state index in [0.29, 0.717) is 0 Å². The number of aromatic nitrogens is 3. The van der Waals surface area contributed by atoms with Gasteiger partial charge in [0.15, 0.2) is 0 Å². The summed E-state index contributed by atoms with van der Waals surface area (Å²) in [6.07, 6.45) is 1.97. The van der Waals surface area contributed by atoms with E-state index in [4.69, 9.17) is 0 Å². The van der Waals surface area contributed by atoms with Crippen LogP contribution in [0.5, 0.6) is 0 Å². The molecule has 0 fully saturated rings. The fraction of sp³-hybridized carbons (Fsp3) is 0.364. The van der Waals surface area contributed by atoms with Crippen LogP contribution < -0.4 is 0 Å². The molecule has 2 heterocycles. The summed E-state index contributed by atoms with van der Waals surface area (Å²) in [7, 11) is 1.38. The summed E-state index contributed by atoms with van der Waals surface area (Å²) in [4.78, 5) is 15.5. The molecule has 0 aromatic carbocycles. The van der Waals surface area contributed by atoms with Crippen molar-refractivity contribution in [3.05, 3.63) is 23.3 Å². The van der Waals surface area contributed by atoms with Crippen LogP contribution in [-0.2, 0) is 22.5 Å². The first-order valence-electron chi connectivity index (χ1n) is 5.28. The Morgan fingerprint density at radius 3 is 3.12 bits per heavy atom. The highest BCUT2D eigenvalue weighted by molar-refractivity contribution is 7.13. The van der Waals surface area contributed by atoms with Crippen molar-refractivity contribution in [3.63, 3.8) is 0 Å². The van der Waals surface area contributed by atoms with Crippen LogP contribution in [0.3, 0.4) is 0 Å². The lowest BCUT2D eigenvalue weighted by Crippen LogP contribution is -2.04. The molecule has 17 heavy (non-hydrogen) atoms. The molecule has 0 aliphatic carbocycles. The van der Waals surface area contributed by atoms with E-state index in [1.54, 1.807) is 6.20 Å². The number of hydrogen-bond donors (Lipinski definition) is 0. The number of ether oxygens (including phenoxy) is 1. The number of nitrogens with zero attached hydrogens (tertiary/aromatic N) is 3. The number of hydrogen-bond acceptors (Lipinski definition) is 5. The average Bonchev–Trinajstić information content (AvgIpc) is 2.95. The minimum Gasteiger partial charge on any atom is -0.469 e. The zero-order valence-electron chi connectivity index (χ0n) is 9.71. The van der Waals surface area contributed by atoms with Crippen molar-refractivity contribution in [1.29, 1.82) is 0 Å². The second kappa shape index (κ2) is 5.09. The zero-order chi connectivity index (χ0) is 12.3. The zero-order valence-corrected chi connectivity index (χ0v) is 10.5. The Labute approximate surface area is 103 Å². The molecular formula is C11H13N3O2S. The first-order valence-corrected chi connectivity index (χ1v) is 6.16. The number of thiazole rings is 1. The molecule has 0 bridgehead atoms. The molecule has 0 spiro atoms. The van der Waals surface area contributed by atoms with E-state index in [-0.39, 0.29) is 12.4 Å². The molecule has 0 atom stereocenters. The third-order valence-corrected chi connectivity index (χ3v) is 3.25. The molecule has 0 amide bonds. The van der Waals surface area contributed by atoms with Crippen LogP contribution >= 0.6 is 11.3 Å². The number of aryl methyl sites for hydroxylation is 1. The third-order valence-electron chi connectivity index (χ3n) is 2.34. The molecule has 2 aromatic heterocycles. The molecule has 6 heteroatoms. The van der Waals surface area contributed by atoms with Crippen LogP contribution in [0.15, 0.2) is 17.6 Å². The molecule has 0 unspecified atom stereocenters. The van der Waals surface area contributed by atoms with E-state index in [1.807, 2.05) is 23.1 Å².